The van der Waals surface area contributed by atoms with Crippen molar-refractivity contribution >= 4 is 34.1 Å². The zero-order valence-corrected chi connectivity index (χ0v) is 18.2. The summed E-state index contributed by atoms with van der Waals surface area (Å²) in [5.74, 6) is -0.129. The van der Waals surface area contributed by atoms with Crippen LogP contribution in [0, 0.1) is 0 Å². The molecular weight excluding hydrogens is 398 g/mol. The number of carbonyl (C=O) groups is 2. The predicted molar refractivity (Wildman–Crippen MR) is 128 cm³/mol. The number of hydrogen-bond donors (Lipinski definition) is 2. The highest BCUT2D eigenvalue weighted by Crippen LogP contribution is 2.42. The second kappa shape index (κ2) is 7.68. The molecule has 1 aliphatic rings. The molecule has 0 saturated carbocycles. The topological polar surface area (TPSA) is 65.2 Å². The van der Waals surface area contributed by atoms with E-state index in [-0.39, 0.29) is 11.8 Å². The number of hydrogen-bond acceptors (Lipinski definition) is 2. The lowest BCUT2D eigenvalue weighted by Crippen LogP contribution is -2.37. The third-order valence-electron chi connectivity index (χ3n) is 6.31. The van der Waals surface area contributed by atoms with Gasteiger partial charge < -0.3 is 15.2 Å². The lowest BCUT2D eigenvalue weighted by molar-refractivity contribution is -0.122. The van der Waals surface area contributed by atoms with Gasteiger partial charge in [-0.25, -0.2) is 0 Å². The van der Waals surface area contributed by atoms with E-state index in [4.69, 9.17) is 0 Å². The SMILES string of the molecule is CC1(C)C(=O)N(CCc2ccccc2)c2cc(C(=O)Nc3c[nH]c4ccccc34)ccc21. The Labute approximate surface area is 187 Å². The van der Waals surface area contributed by atoms with Crippen LogP contribution in [0.25, 0.3) is 10.9 Å². The van der Waals surface area contributed by atoms with Gasteiger partial charge in [-0.1, -0.05) is 54.6 Å². The molecule has 0 bridgehead atoms. The molecule has 0 unspecified atom stereocenters. The normalized spacial score (nSPS) is 14.6. The van der Waals surface area contributed by atoms with Crippen molar-refractivity contribution in [2.75, 3.05) is 16.8 Å². The van der Waals surface area contributed by atoms with E-state index in [0.717, 1.165) is 34.3 Å². The van der Waals surface area contributed by atoms with E-state index in [1.807, 2.05) is 73.3 Å². The van der Waals surface area contributed by atoms with Gasteiger partial charge in [0.05, 0.1) is 11.1 Å². The van der Waals surface area contributed by atoms with Crippen molar-refractivity contribution in [2.24, 2.45) is 0 Å². The summed E-state index contributed by atoms with van der Waals surface area (Å²) in [6, 6.07) is 23.5. The van der Waals surface area contributed by atoms with Gasteiger partial charge in [-0.2, -0.15) is 0 Å². The highest BCUT2D eigenvalue weighted by molar-refractivity contribution is 6.12. The Balaban J connectivity index is 1.43. The van der Waals surface area contributed by atoms with Crippen molar-refractivity contribution in [3.63, 3.8) is 0 Å². The molecule has 32 heavy (non-hydrogen) atoms. The summed E-state index contributed by atoms with van der Waals surface area (Å²) in [5, 5.41) is 3.96. The molecule has 3 aromatic carbocycles. The van der Waals surface area contributed by atoms with Crippen molar-refractivity contribution in [3.05, 3.63) is 95.7 Å². The van der Waals surface area contributed by atoms with E-state index in [9.17, 15) is 9.59 Å². The number of nitrogens with zero attached hydrogens (tertiary/aromatic N) is 1. The van der Waals surface area contributed by atoms with Crippen LogP contribution in [0.15, 0.2) is 79.0 Å². The molecule has 5 rings (SSSR count). The standard InChI is InChI=1S/C27H25N3O2/c1-27(2)21-13-12-19(25(31)29-23-17-28-22-11-7-6-10-20(22)23)16-24(21)30(26(27)32)15-14-18-8-4-3-5-9-18/h3-13,16-17,28H,14-15H2,1-2H3,(H,29,31). The maximum Gasteiger partial charge on any atom is 0.255 e. The quantitative estimate of drug-likeness (QED) is 0.458. The van der Waals surface area contributed by atoms with E-state index in [0.29, 0.717) is 12.1 Å². The second-order valence-electron chi connectivity index (χ2n) is 8.75. The number of aromatic nitrogens is 1. The van der Waals surface area contributed by atoms with Crippen molar-refractivity contribution in [2.45, 2.75) is 25.7 Å². The van der Waals surface area contributed by atoms with Crippen LogP contribution in [-0.2, 0) is 16.6 Å². The minimum Gasteiger partial charge on any atom is -0.359 e. The molecule has 0 aliphatic carbocycles. The zero-order chi connectivity index (χ0) is 22.3. The number of rotatable bonds is 5. The number of fused-ring (bicyclic) bond motifs is 2. The molecule has 0 atom stereocenters. The predicted octanol–water partition coefficient (Wildman–Crippen LogP) is 5.29. The van der Waals surface area contributed by atoms with Crippen LogP contribution < -0.4 is 10.2 Å². The van der Waals surface area contributed by atoms with Gasteiger partial charge in [0.25, 0.3) is 5.91 Å². The Bertz CT molecular complexity index is 1320. The average Bonchev–Trinajstić information content (AvgIpc) is 3.29. The Kier molecular flexibility index (Phi) is 4.82. The number of anilines is 2. The molecular formula is C27H25N3O2. The van der Waals surface area contributed by atoms with Gasteiger partial charge in [0, 0.05) is 34.9 Å². The summed E-state index contributed by atoms with van der Waals surface area (Å²) >= 11 is 0. The average molecular weight is 424 g/mol. The molecule has 0 saturated heterocycles. The lowest BCUT2D eigenvalue weighted by atomic mass is 9.86. The molecule has 5 heteroatoms. The number of carbonyl (C=O) groups excluding carboxylic acids is 2. The first-order chi connectivity index (χ1) is 15.4. The van der Waals surface area contributed by atoms with Gasteiger partial charge in [0.2, 0.25) is 5.91 Å². The van der Waals surface area contributed by atoms with Gasteiger partial charge in [0.15, 0.2) is 0 Å². The van der Waals surface area contributed by atoms with E-state index < -0.39 is 5.41 Å². The van der Waals surface area contributed by atoms with Crippen molar-refractivity contribution < 1.29 is 9.59 Å². The van der Waals surface area contributed by atoms with Crippen molar-refractivity contribution in [3.8, 4) is 0 Å². The van der Waals surface area contributed by atoms with E-state index in [1.54, 1.807) is 12.3 Å². The molecule has 5 nitrogen and oxygen atoms in total. The van der Waals surface area contributed by atoms with Gasteiger partial charge in [-0.05, 0) is 49.6 Å². The number of amides is 2. The molecule has 0 radical (unpaired) electrons. The third-order valence-corrected chi connectivity index (χ3v) is 6.31. The largest absolute Gasteiger partial charge is 0.359 e. The molecule has 0 spiro atoms. The molecule has 1 aromatic heterocycles. The molecule has 4 aromatic rings. The smallest absolute Gasteiger partial charge is 0.255 e. The number of H-pyrrole nitrogens is 1. The van der Waals surface area contributed by atoms with Gasteiger partial charge in [-0.3, -0.25) is 9.59 Å². The highest BCUT2D eigenvalue weighted by Gasteiger charge is 2.43. The minimum atomic E-state index is -0.613. The molecule has 2 amide bonds. The maximum absolute atomic E-state index is 13.2. The monoisotopic (exact) mass is 423 g/mol. The van der Waals surface area contributed by atoms with Crippen LogP contribution in [-0.4, -0.2) is 23.3 Å². The van der Waals surface area contributed by atoms with Crippen LogP contribution in [0.3, 0.4) is 0 Å². The first-order valence-corrected chi connectivity index (χ1v) is 10.8. The minimum absolute atomic E-state index is 0.0672. The summed E-state index contributed by atoms with van der Waals surface area (Å²) in [6.07, 6.45) is 2.56. The van der Waals surface area contributed by atoms with Crippen LogP contribution >= 0.6 is 0 Å². The number of benzene rings is 3. The van der Waals surface area contributed by atoms with Crippen LogP contribution in [0.1, 0.15) is 35.3 Å². The molecule has 160 valence electrons. The van der Waals surface area contributed by atoms with Gasteiger partial charge in [-0.15, -0.1) is 0 Å². The fraction of sp³-hybridized carbons (Fsp3) is 0.185. The van der Waals surface area contributed by atoms with E-state index >= 15 is 0 Å². The Morgan fingerprint density at radius 2 is 1.75 bits per heavy atom. The summed E-state index contributed by atoms with van der Waals surface area (Å²) in [4.78, 5) is 31.3. The second-order valence-corrected chi connectivity index (χ2v) is 8.75. The van der Waals surface area contributed by atoms with Crippen LogP contribution in [0.4, 0.5) is 11.4 Å². The number of para-hydroxylation sites is 1. The van der Waals surface area contributed by atoms with Crippen LogP contribution in [0.5, 0.6) is 0 Å². The Hall–Kier alpha value is -3.86. The van der Waals surface area contributed by atoms with Gasteiger partial charge in [0.1, 0.15) is 0 Å². The maximum atomic E-state index is 13.2. The summed E-state index contributed by atoms with van der Waals surface area (Å²) in [5.41, 5.74) is 4.59. The molecule has 2 N–H and O–H groups in total. The third kappa shape index (κ3) is 3.36. The molecule has 1 aliphatic heterocycles. The Morgan fingerprint density at radius 3 is 2.56 bits per heavy atom. The summed E-state index contributed by atoms with van der Waals surface area (Å²) in [7, 11) is 0. The fourth-order valence-corrected chi connectivity index (χ4v) is 4.46. The first kappa shape index (κ1) is 20.1. The van der Waals surface area contributed by atoms with Crippen molar-refractivity contribution in [1.82, 2.24) is 4.98 Å². The highest BCUT2D eigenvalue weighted by atomic mass is 16.2. The summed E-state index contributed by atoms with van der Waals surface area (Å²) in [6.45, 7) is 4.47. The van der Waals surface area contributed by atoms with Crippen molar-refractivity contribution in [1.29, 1.82) is 0 Å². The summed E-state index contributed by atoms with van der Waals surface area (Å²) < 4.78 is 0. The Morgan fingerprint density at radius 1 is 1.00 bits per heavy atom. The molecule has 0 fully saturated rings. The van der Waals surface area contributed by atoms with Gasteiger partial charge >= 0.3 is 0 Å². The number of aromatic amines is 1. The number of nitrogens with one attached hydrogen (secondary N) is 2. The van der Waals surface area contributed by atoms with Crippen LogP contribution in [0.2, 0.25) is 0 Å². The zero-order valence-electron chi connectivity index (χ0n) is 18.2. The molecule has 2 heterocycles. The first-order valence-electron chi connectivity index (χ1n) is 10.8. The van der Waals surface area contributed by atoms with E-state index in [1.165, 1.54) is 5.56 Å². The fourth-order valence-electron chi connectivity index (χ4n) is 4.46. The lowest BCUT2D eigenvalue weighted by Gasteiger charge is -2.20. The van der Waals surface area contributed by atoms with E-state index in [2.05, 4.69) is 22.4 Å².